The molecule has 0 bridgehead atoms. The molecule has 0 aromatic carbocycles. The molecule has 0 radical (unpaired) electrons. The highest BCUT2D eigenvalue weighted by Gasteiger charge is 2.30. The summed E-state index contributed by atoms with van der Waals surface area (Å²) in [7, 11) is 0. The second-order valence-corrected chi connectivity index (χ2v) is 7.13. The zero-order chi connectivity index (χ0) is 15.8. The van der Waals surface area contributed by atoms with E-state index in [9.17, 15) is 4.79 Å². The summed E-state index contributed by atoms with van der Waals surface area (Å²) in [6.45, 7) is 6.56. The van der Waals surface area contributed by atoms with Gasteiger partial charge in [0.05, 0.1) is 25.1 Å². The molecule has 0 atom stereocenters. The van der Waals surface area contributed by atoms with Crippen molar-refractivity contribution in [2.75, 3.05) is 44.3 Å². The third-order valence-electron chi connectivity index (χ3n) is 4.59. The van der Waals surface area contributed by atoms with Crippen LogP contribution in [0.2, 0.25) is 0 Å². The maximum atomic E-state index is 12.6. The van der Waals surface area contributed by atoms with E-state index < -0.39 is 0 Å². The molecule has 0 spiro atoms. The molecule has 2 aromatic rings. The monoisotopic (exact) mass is 335 g/mol. The molecular weight excluding hydrogens is 314 g/mol. The number of hydrogen-bond donors (Lipinski definition) is 0. The van der Waals surface area contributed by atoms with Crippen LogP contribution in [0.4, 0.5) is 5.13 Å². The molecule has 23 heavy (non-hydrogen) atoms. The molecule has 2 aromatic heterocycles. The van der Waals surface area contributed by atoms with Gasteiger partial charge in [-0.05, 0) is 19.8 Å². The van der Waals surface area contributed by atoms with Crippen molar-refractivity contribution in [1.82, 2.24) is 19.5 Å². The van der Waals surface area contributed by atoms with Gasteiger partial charge in [-0.3, -0.25) is 4.79 Å². The molecule has 0 aliphatic carbocycles. The summed E-state index contributed by atoms with van der Waals surface area (Å²) in [5.74, 6) is 0.452. The smallest absolute Gasteiger partial charge is 0.225 e. The highest BCUT2D eigenvalue weighted by atomic mass is 32.1. The fraction of sp³-hybridized carbons (Fsp3) is 0.667. The van der Waals surface area contributed by atoms with Crippen molar-refractivity contribution >= 4 is 27.3 Å². The molecule has 4 heterocycles. The molecule has 7 nitrogen and oxygen atoms in total. The zero-order valence-electron chi connectivity index (χ0n) is 13.3. The molecule has 2 aliphatic heterocycles. The molecule has 0 saturated carbocycles. The normalized spacial score (nSPS) is 20.4. The van der Waals surface area contributed by atoms with E-state index in [1.54, 1.807) is 11.3 Å². The van der Waals surface area contributed by atoms with E-state index in [0.29, 0.717) is 19.1 Å². The van der Waals surface area contributed by atoms with Gasteiger partial charge in [0.2, 0.25) is 16.0 Å². The first-order valence-electron chi connectivity index (χ1n) is 8.15. The van der Waals surface area contributed by atoms with Crippen LogP contribution in [0.1, 0.15) is 18.5 Å². The van der Waals surface area contributed by atoms with Crippen LogP contribution in [-0.4, -0.2) is 64.8 Å². The van der Waals surface area contributed by atoms with Gasteiger partial charge in [-0.1, -0.05) is 11.3 Å². The van der Waals surface area contributed by atoms with Gasteiger partial charge in [-0.25, -0.2) is 9.50 Å². The third kappa shape index (κ3) is 2.92. The van der Waals surface area contributed by atoms with Crippen molar-refractivity contribution in [1.29, 1.82) is 0 Å². The number of hydrogen-bond acceptors (Lipinski definition) is 6. The molecular formula is C15H21N5O2S. The van der Waals surface area contributed by atoms with Gasteiger partial charge >= 0.3 is 0 Å². The lowest BCUT2D eigenvalue weighted by Gasteiger charge is -2.35. The Morgan fingerprint density at radius 3 is 2.70 bits per heavy atom. The Bertz CT molecular complexity index is 666. The summed E-state index contributed by atoms with van der Waals surface area (Å²) in [5.41, 5.74) is 0.991. The maximum Gasteiger partial charge on any atom is 0.225 e. The Balaban J connectivity index is 1.38. The van der Waals surface area contributed by atoms with Crippen LogP contribution in [0.15, 0.2) is 6.20 Å². The summed E-state index contributed by atoms with van der Waals surface area (Å²) in [6.07, 6.45) is 3.75. The van der Waals surface area contributed by atoms with E-state index >= 15 is 0 Å². The van der Waals surface area contributed by atoms with Crippen LogP contribution in [-0.2, 0) is 9.53 Å². The number of carbonyl (C=O) groups excluding carboxylic acids is 1. The standard InChI is InChI=1S/C15H21N5O2S/c1-11-10-20-14(16-11)23-15(17-20)19-4-2-12(3-5-19)13(21)18-6-8-22-9-7-18/h10,12H,2-9H2,1H3. The topological polar surface area (TPSA) is 63.0 Å². The number of amides is 1. The van der Waals surface area contributed by atoms with Crippen molar-refractivity contribution in [3.8, 4) is 0 Å². The molecule has 8 heteroatoms. The quantitative estimate of drug-likeness (QED) is 0.824. The first-order chi connectivity index (χ1) is 11.2. The number of imidazole rings is 1. The van der Waals surface area contributed by atoms with E-state index in [4.69, 9.17) is 4.74 Å². The Morgan fingerprint density at radius 2 is 2.00 bits per heavy atom. The second-order valence-electron chi connectivity index (χ2n) is 6.19. The Hall–Kier alpha value is -1.67. The lowest BCUT2D eigenvalue weighted by molar-refractivity contribution is -0.140. The van der Waals surface area contributed by atoms with Crippen LogP contribution in [0.25, 0.3) is 4.96 Å². The van der Waals surface area contributed by atoms with Gasteiger partial charge in [-0.15, -0.1) is 5.10 Å². The second kappa shape index (κ2) is 6.09. The summed E-state index contributed by atoms with van der Waals surface area (Å²) < 4.78 is 7.17. The summed E-state index contributed by atoms with van der Waals surface area (Å²) in [4.78, 5) is 22.2. The van der Waals surface area contributed by atoms with Gasteiger partial charge in [0.15, 0.2) is 0 Å². The molecule has 2 fully saturated rings. The molecule has 2 aliphatic rings. The number of morpholine rings is 1. The zero-order valence-corrected chi connectivity index (χ0v) is 14.1. The van der Waals surface area contributed by atoms with Crippen LogP contribution in [0.5, 0.6) is 0 Å². The molecule has 1 amide bonds. The number of anilines is 1. The van der Waals surface area contributed by atoms with E-state index in [1.807, 2.05) is 22.5 Å². The first kappa shape index (κ1) is 14.9. The largest absolute Gasteiger partial charge is 0.378 e. The number of rotatable bonds is 2. The van der Waals surface area contributed by atoms with Crippen LogP contribution in [0, 0.1) is 12.8 Å². The maximum absolute atomic E-state index is 12.6. The molecule has 0 unspecified atom stereocenters. The predicted octanol–water partition coefficient (Wildman–Crippen LogP) is 1.17. The Kier molecular flexibility index (Phi) is 3.94. The minimum atomic E-state index is 0.149. The number of aromatic nitrogens is 3. The lowest BCUT2D eigenvalue weighted by atomic mass is 9.95. The summed E-state index contributed by atoms with van der Waals surface area (Å²) in [5, 5.41) is 5.61. The van der Waals surface area contributed by atoms with E-state index in [1.165, 1.54) is 0 Å². The molecule has 2 saturated heterocycles. The minimum absolute atomic E-state index is 0.149. The van der Waals surface area contributed by atoms with Crippen molar-refractivity contribution < 1.29 is 9.53 Å². The molecule has 124 valence electrons. The fourth-order valence-corrected chi connectivity index (χ4v) is 4.27. The number of carbonyl (C=O) groups is 1. The number of fused-ring (bicyclic) bond motifs is 1. The van der Waals surface area contributed by atoms with E-state index in [0.717, 1.165) is 54.8 Å². The Labute approximate surface area is 138 Å². The fourth-order valence-electron chi connectivity index (χ4n) is 3.29. The Morgan fingerprint density at radius 1 is 1.26 bits per heavy atom. The van der Waals surface area contributed by atoms with Crippen LogP contribution in [0.3, 0.4) is 0 Å². The van der Waals surface area contributed by atoms with Gasteiger partial charge in [0.25, 0.3) is 0 Å². The van der Waals surface area contributed by atoms with Gasteiger partial charge < -0.3 is 14.5 Å². The van der Waals surface area contributed by atoms with E-state index in [2.05, 4.69) is 15.0 Å². The highest BCUT2D eigenvalue weighted by Crippen LogP contribution is 2.28. The number of ether oxygens (including phenoxy) is 1. The van der Waals surface area contributed by atoms with E-state index in [-0.39, 0.29) is 5.92 Å². The van der Waals surface area contributed by atoms with Crippen LogP contribution < -0.4 is 4.90 Å². The predicted molar refractivity (Wildman–Crippen MR) is 87.9 cm³/mol. The number of piperidine rings is 1. The number of aryl methyl sites for hydroxylation is 1. The summed E-state index contributed by atoms with van der Waals surface area (Å²) in [6, 6.07) is 0. The van der Waals surface area contributed by atoms with Crippen molar-refractivity contribution in [3.63, 3.8) is 0 Å². The minimum Gasteiger partial charge on any atom is -0.378 e. The van der Waals surface area contributed by atoms with Crippen LogP contribution >= 0.6 is 11.3 Å². The van der Waals surface area contributed by atoms with Gasteiger partial charge in [-0.2, -0.15) is 0 Å². The average molecular weight is 335 g/mol. The van der Waals surface area contributed by atoms with Crippen molar-refractivity contribution in [2.24, 2.45) is 5.92 Å². The molecule has 4 rings (SSSR count). The SMILES string of the molecule is Cc1cn2nc(N3CCC(C(=O)N4CCOCC4)CC3)sc2n1. The lowest BCUT2D eigenvalue weighted by Crippen LogP contribution is -2.46. The summed E-state index contributed by atoms with van der Waals surface area (Å²) >= 11 is 1.62. The third-order valence-corrected chi connectivity index (χ3v) is 5.57. The first-order valence-corrected chi connectivity index (χ1v) is 8.96. The van der Waals surface area contributed by atoms with Gasteiger partial charge in [0, 0.05) is 32.1 Å². The van der Waals surface area contributed by atoms with Gasteiger partial charge in [0.1, 0.15) is 0 Å². The number of nitrogens with zero attached hydrogens (tertiary/aromatic N) is 5. The van der Waals surface area contributed by atoms with Crippen molar-refractivity contribution in [3.05, 3.63) is 11.9 Å². The van der Waals surface area contributed by atoms with Crippen molar-refractivity contribution in [2.45, 2.75) is 19.8 Å². The highest BCUT2D eigenvalue weighted by molar-refractivity contribution is 7.20. The average Bonchev–Trinajstić information content (AvgIpc) is 3.12. The molecule has 0 N–H and O–H groups in total.